The van der Waals surface area contributed by atoms with Crippen LogP contribution in [0.1, 0.15) is 5.56 Å². The number of fused-ring (bicyclic) bond motifs is 2. The highest BCUT2D eigenvalue weighted by molar-refractivity contribution is 6.36. The van der Waals surface area contributed by atoms with Crippen molar-refractivity contribution in [3.8, 4) is 22.6 Å². The quantitative estimate of drug-likeness (QED) is 0.283. The van der Waals surface area contributed by atoms with Gasteiger partial charge in [-0.05, 0) is 41.5 Å². The van der Waals surface area contributed by atoms with E-state index >= 15 is 0 Å². The first kappa shape index (κ1) is 23.9. The van der Waals surface area contributed by atoms with Gasteiger partial charge >= 0.3 is 5.97 Å². The first-order valence-electron chi connectivity index (χ1n) is 11.4. The molecule has 0 saturated carbocycles. The van der Waals surface area contributed by atoms with E-state index < -0.39 is 18.6 Å². The Hall–Kier alpha value is -3.79. The zero-order valence-electron chi connectivity index (χ0n) is 19.5. The predicted octanol–water partition coefficient (Wildman–Crippen LogP) is 3.94. The van der Waals surface area contributed by atoms with E-state index in [1.165, 1.54) is 0 Å². The van der Waals surface area contributed by atoms with Crippen molar-refractivity contribution in [2.75, 3.05) is 25.1 Å². The molecule has 0 aliphatic carbocycles. The number of rotatable bonds is 8. The standard InChI is InChI=1S/C26H25ClN4O5/c1-31-21-11-15(13-28-20(14-32)26(33)34)5-7-18(21)25(30-31)29-19-4-2-3-17(24(19)27)16-6-8-22-23(12-16)36-10-9-35-22/h2-8,11-12,20,28,32H,9-10,13-14H2,1H3,(H,29,30)(H,33,34)/t20-/m1/s1. The van der Waals surface area contributed by atoms with Crippen molar-refractivity contribution < 1.29 is 24.5 Å². The van der Waals surface area contributed by atoms with Crippen LogP contribution in [0, 0.1) is 0 Å². The zero-order valence-corrected chi connectivity index (χ0v) is 20.2. The number of nitrogens with one attached hydrogen (secondary N) is 2. The van der Waals surface area contributed by atoms with Crippen LogP contribution in [0.25, 0.3) is 22.0 Å². The van der Waals surface area contributed by atoms with Gasteiger partial charge in [0.15, 0.2) is 17.3 Å². The Kier molecular flexibility index (Phi) is 6.69. The van der Waals surface area contributed by atoms with E-state index in [1.54, 1.807) is 4.68 Å². The number of carbonyl (C=O) groups is 1. The molecule has 0 bridgehead atoms. The summed E-state index contributed by atoms with van der Waals surface area (Å²) in [4.78, 5) is 11.1. The number of hydrogen-bond acceptors (Lipinski definition) is 7. The predicted molar refractivity (Wildman–Crippen MR) is 137 cm³/mol. The number of hydrogen-bond donors (Lipinski definition) is 4. The Bertz CT molecular complexity index is 1440. The average Bonchev–Trinajstić information content (AvgIpc) is 3.19. The molecule has 36 heavy (non-hydrogen) atoms. The topological polar surface area (TPSA) is 118 Å². The molecule has 0 radical (unpaired) electrons. The van der Waals surface area contributed by atoms with Gasteiger partial charge in [0.1, 0.15) is 19.3 Å². The van der Waals surface area contributed by atoms with Gasteiger partial charge in [-0.25, -0.2) is 0 Å². The Morgan fingerprint density at radius 1 is 1.14 bits per heavy atom. The lowest BCUT2D eigenvalue weighted by atomic mass is 10.0. The number of carboxylic acid groups (broad SMARTS) is 1. The second-order valence-corrected chi connectivity index (χ2v) is 8.81. The monoisotopic (exact) mass is 508 g/mol. The van der Waals surface area contributed by atoms with Crippen molar-refractivity contribution in [2.24, 2.45) is 7.05 Å². The van der Waals surface area contributed by atoms with Crippen LogP contribution in [0.4, 0.5) is 11.5 Å². The number of aromatic nitrogens is 2. The van der Waals surface area contributed by atoms with Crippen LogP contribution in [0.2, 0.25) is 5.02 Å². The maximum absolute atomic E-state index is 11.1. The molecule has 0 spiro atoms. The number of carboxylic acids is 1. The molecule has 4 N–H and O–H groups in total. The summed E-state index contributed by atoms with van der Waals surface area (Å²) in [5, 5.41) is 30.6. The van der Waals surface area contributed by atoms with Crippen molar-refractivity contribution in [3.63, 3.8) is 0 Å². The van der Waals surface area contributed by atoms with Crippen molar-refractivity contribution >= 4 is 40.0 Å². The maximum atomic E-state index is 11.1. The largest absolute Gasteiger partial charge is 0.486 e. The summed E-state index contributed by atoms with van der Waals surface area (Å²) < 4.78 is 13.1. The van der Waals surface area contributed by atoms with Crippen LogP contribution < -0.4 is 20.1 Å². The summed E-state index contributed by atoms with van der Waals surface area (Å²) in [5.41, 5.74) is 4.21. The van der Waals surface area contributed by atoms with Crippen LogP contribution in [0.3, 0.4) is 0 Å². The highest BCUT2D eigenvalue weighted by Gasteiger charge is 2.18. The van der Waals surface area contributed by atoms with Gasteiger partial charge in [-0.2, -0.15) is 5.10 Å². The molecular formula is C26H25ClN4O5. The molecular weight excluding hydrogens is 484 g/mol. The van der Waals surface area contributed by atoms with Crippen molar-refractivity contribution in [1.82, 2.24) is 15.1 Å². The van der Waals surface area contributed by atoms with E-state index in [1.807, 2.05) is 61.6 Å². The van der Waals surface area contributed by atoms with Crippen molar-refractivity contribution in [2.45, 2.75) is 12.6 Å². The molecule has 0 unspecified atom stereocenters. The number of benzene rings is 3. The molecule has 3 aromatic carbocycles. The lowest BCUT2D eigenvalue weighted by molar-refractivity contribution is -0.140. The number of aliphatic hydroxyl groups is 1. The van der Waals surface area contributed by atoms with Crippen LogP contribution in [-0.2, 0) is 18.4 Å². The van der Waals surface area contributed by atoms with Crippen LogP contribution in [0.5, 0.6) is 11.5 Å². The zero-order chi connectivity index (χ0) is 25.2. The molecule has 1 aliphatic heterocycles. The third-order valence-electron chi connectivity index (χ3n) is 6.05. The summed E-state index contributed by atoms with van der Waals surface area (Å²) in [5.74, 6) is 0.968. The van der Waals surface area contributed by atoms with E-state index in [2.05, 4.69) is 15.7 Å². The molecule has 0 fully saturated rings. The van der Waals surface area contributed by atoms with E-state index in [4.69, 9.17) is 26.2 Å². The minimum Gasteiger partial charge on any atom is -0.486 e. The van der Waals surface area contributed by atoms with Gasteiger partial charge in [-0.15, -0.1) is 0 Å². The third-order valence-corrected chi connectivity index (χ3v) is 6.46. The second-order valence-electron chi connectivity index (χ2n) is 8.43. The molecule has 4 aromatic rings. The Labute approximate surface area is 212 Å². The van der Waals surface area contributed by atoms with E-state index in [9.17, 15) is 9.90 Å². The van der Waals surface area contributed by atoms with Gasteiger partial charge in [-0.1, -0.05) is 35.9 Å². The molecule has 0 saturated heterocycles. The smallest absolute Gasteiger partial charge is 0.323 e. The number of ether oxygens (including phenoxy) is 2. The third kappa shape index (κ3) is 4.68. The Balaban J connectivity index is 1.40. The molecule has 10 heteroatoms. The minimum absolute atomic E-state index is 0.296. The van der Waals surface area contributed by atoms with Gasteiger partial charge in [0.25, 0.3) is 0 Å². The molecule has 9 nitrogen and oxygen atoms in total. The molecule has 2 heterocycles. The molecule has 1 atom stereocenters. The van der Waals surface area contributed by atoms with Gasteiger partial charge < -0.3 is 25.0 Å². The van der Waals surface area contributed by atoms with Crippen LogP contribution >= 0.6 is 11.6 Å². The van der Waals surface area contributed by atoms with Crippen molar-refractivity contribution in [1.29, 1.82) is 0 Å². The number of aryl methyl sites for hydroxylation is 1. The summed E-state index contributed by atoms with van der Waals surface area (Å²) in [7, 11) is 1.84. The SMILES string of the molecule is Cn1nc(Nc2cccc(-c3ccc4c(c3)OCCO4)c2Cl)c2ccc(CN[C@H](CO)C(=O)O)cc21. The second kappa shape index (κ2) is 10.1. The van der Waals surface area contributed by atoms with Gasteiger partial charge in [0.05, 0.1) is 22.8 Å². The average molecular weight is 509 g/mol. The first-order valence-corrected chi connectivity index (χ1v) is 11.8. The van der Waals surface area contributed by atoms with Gasteiger partial charge in [-0.3, -0.25) is 14.8 Å². The van der Waals surface area contributed by atoms with Crippen LogP contribution in [0.15, 0.2) is 54.6 Å². The van der Waals surface area contributed by atoms with E-state index in [0.29, 0.717) is 42.0 Å². The lowest BCUT2D eigenvalue weighted by Crippen LogP contribution is -2.39. The van der Waals surface area contributed by atoms with Gasteiger partial charge in [0, 0.05) is 24.5 Å². The number of halogens is 1. The summed E-state index contributed by atoms with van der Waals surface area (Å²) in [6.45, 7) is 0.861. The number of aliphatic hydroxyl groups excluding tert-OH is 1. The summed E-state index contributed by atoms with van der Waals surface area (Å²) in [6, 6.07) is 16.3. The maximum Gasteiger partial charge on any atom is 0.323 e. The number of anilines is 2. The lowest BCUT2D eigenvalue weighted by Gasteiger charge is -2.19. The minimum atomic E-state index is -1.10. The molecule has 1 aromatic heterocycles. The van der Waals surface area contributed by atoms with Gasteiger partial charge in [0.2, 0.25) is 0 Å². The highest BCUT2D eigenvalue weighted by atomic mass is 35.5. The Morgan fingerprint density at radius 2 is 1.94 bits per heavy atom. The first-order chi connectivity index (χ1) is 17.4. The van der Waals surface area contributed by atoms with Crippen LogP contribution in [-0.4, -0.2) is 51.8 Å². The summed E-state index contributed by atoms with van der Waals surface area (Å²) >= 11 is 6.82. The van der Waals surface area contributed by atoms with E-state index in [-0.39, 0.29) is 0 Å². The normalized spacial score (nSPS) is 13.5. The fraction of sp³-hybridized carbons (Fsp3) is 0.231. The molecule has 0 amide bonds. The number of aliphatic carboxylic acids is 1. The van der Waals surface area contributed by atoms with Crippen molar-refractivity contribution in [3.05, 3.63) is 65.2 Å². The fourth-order valence-corrected chi connectivity index (χ4v) is 4.45. The molecule has 5 rings (SSSR count). The number of nitrogens with zero attached hydrogens (tertiary/aromatic N) is 2. The fourth-order valence-electron chi connectivity index (χ4n) is 4.17. The summed E-state index contributed by atoms with van der Waals surface area (Å²) in [6.07, 6.45) is 0. The highest BCUT2D eigenvalue weighted by Crippen LogP contribution is 2.40. The van der Waals surface area contributed by atoms with E-state index in [0.717, 1.165) is 33.3 Å². The molecule has 1 aliphatic rings. The molecule has 186 valence electrons. The Morgan fingerprint density at radius 3 is 2.72 bits per heavy atom.